The summed E-state index contributed by atoms with van der Waals surface area (Å²) >= 11 is -2.07. The van der Waals surface area contributed by atoms with Crippen molar-refractivity contribution in [1.82, 2.24) is 0 Å². The molecule has 0 bridgehead atoms. The lowest BCUT2D eigenvalue weighted by molar-refractivity contribution is -0.0671. The molecule has 0 aliphatic carbocycles. The number of rotatable bonds is 4. The van der Waals surface area contributed by atoms with Gasteiger partial charge in [-0.25, -0.2) is 0 Å². The third-order valence-corrected chi connectivity index (χ3v) is 2.70. The fraction of sp³-hybridized carbons (Fsp3) is 1.00. The maximum Gasteiger partial charge on any atom is 0.104 e. The normalized spacial score (nSPS) is 31.1. The second-order valence-electron chi connectivity index (χ2n) is 3.60. The van der Waals surface area contributed by atoms with E-state index in [0.29, 0.717) is 19.6 Å². The Kier molecular flexibility index (Phi) is 3.85. The topological polar surface area (TPSA) is 58.6 Å². The van der Waals surface area contributed by atoms with E-state index in [4.69, 9.17) is 9.47 Å². The van der Waals surface area contributed by atoms with E-state index in [1.807, 2.05) is 13.8 Å². The van der Waals surface area contributed by atoms with Gasteiger partial charge in [0.1, 0.15) is 5.60 Å². The zero-order valence-electron chi connectivity index (χ0n) is 7.95. The van der Waals surface area contributed by atoms with Crippen molar-refractivity contribution in [3.8, 4) is 0 Å². The van der Waals surface area contributed by atoms with Gasteiger partial charge in [0.2, 0.25) is 0 Å². The Morgan fingerprint density at radius 2 is 2.38 bits per heavy atom. The van der Waals surface area contributed by atoms with E-state index in [1.165, 1.54) is 0 Å². The molecule has 0 radical (unpaired) electrons. The van der Waals surface area contributed by atoms with Gasteiger partial charge in [-0.3, -0.25) is 4.21 Å². The lowest BCUT2D eigenvalue weighted by Gasteiger charge is -2.30. The van der Waals surface area contributed by atoms with Crippen LogP contribution in [0.3, 0.4) is 0 Å². The summed E-state index contributed by atoms with van der Waals surface area (Å²) in [4.78, 5) is 0. The van der Waals surface area contributed by atoms with E-state index < -0.39 is 16.7 Å². The number of hydrogen-bond donors (Lipinski definition) is 0. The fourth-order valence-corrected chi connectivity index (χ4v) is 2.27. The highest BCUT2D eigenvalue weighted by molar-refractivity contribution is 7.79. The van der Waals surface area contributed by atoms with Crippen LogP contribution in [0.25, 0.3) is 0 Å². The molecule has 1 aliphatic rings. The van der Waals surface area contributed by atoms with Gasteiger partial charge in [-0.2, -0.15) is 0 Å². The van der Waals surface area contributed by atoms with Gasteiger partial charge >= 0.3 is 0 Å². The Morgan fingerprint density at radius 3 is 2.77 bits per heavy atom. The smallest absolute Gasteiger partial charge is 0.104 e. The van der Waals surface area contributed by atoms with Gasteiger partial charge in [0, 0.05) is 18.8 Å². The van der Waals surface area contributed by atoms with Crippen molar-refractivity contribution in [3.63, 3.8) is 0 Å². The molecule has 2 unspecified atom stereocenters. The molecule has 4 nitrogen and oxygen atoms in total. The third kappa shape index (κ3) is 3.34. The molecule has 13 heavy (non-hydrogen) atoms. The predicted octanol–water partition coefficient (Wildman–Crippen LogP) is 0.450. The molecule has 0 spiro atoms. The maximum atomic E-state index is 10.6. The van der Waals surface area contributed by atoms with Crippen LogP contribution in [-0.2, 0) is 20.6 Å². The molecule has 0 N–H and O–H groups in total. The molecular weight excluding hydrogens is 192 g/mol. The highest BCUT2D eigenvalue weighted by atomic mass is 32.2. The average molecular weight is 207 g/mol. The Labute approximate surface area is 80.9 Å². The molecule has 1 heterocycles. The van der Waals surface area contributed by atoms with Gasteiger partial charge in [-0.05, 0) is 13.8 Å². The summed E-state index contributed by atoms with van der Waals surface area (Å²) in [6.45, 7) is 4.77. The second kappa shape index (κ2) is 4.50. The van der Waals surface area contributed by atoms with E-state index >= 15 is 0 Å². The van der Waals surface area contributed by atoms with Gasteiger partial charge in [0.05, 0.1) is 12.7 Å². The highest BCUT2D eigenvalue weighted by Gasteiger charge is 2.36. The van der Waals surface area contributed by atoms with E-state index in [0.717, 1.165) is 0 Å². The molecule has 1 aliphatic heterocycles. The molecule has 0 saturated carbocycles. The van der Waals surface area contributed by atoms with E-state index in [-0.39, 0.29) is 11.9 Å². The number of ether oxygens (including phenoxy) is 2. The van der Waals surface area contributed by atoms with Gasteiger partial charge in [-0.1, -0.05) is 11.1 Å². The highest BCUT2D eigenvalue weighted by Crippen LogP contribution is 2.25. The maximum absolute atomic E-state index is 10.6. The Morgan fingerprint density at radius 1 is 1.69 bits per heavy atom. The Bertz CT molecular complexity index is 187. The summed E-state index contributed by atoms with van der Waals surface area (Å²) in [6, 6.07) is 0. The van der Waals surface area contributed by atoms with Gasteiger partial charge < -0.3 is 14.0 Å². The summed E-state index contributed by atoms with van der Waals surface area (Å²) in [5.41, 5.74) is -0.596. The first kappa shape index (κ1) is 11.1. The monoisotopic (exact) mass is 207 g/mol. The van der Waals surface area contributed by atoms with E-state index in [1.54, 1.807) is 0 Å². The zero-order chi connectivity index (χ0) is 9.90. The lowest BCUT2D eigenvalue weighted by Crippen LogP contribution is -2.41. The van der Waals surface area contributed by atoms with Crippen molar-refractivity contribution in [3.05, 3.63) is 0 Å². The van der Waals surface area contributed by atoms with Crippen LogP contribution in [0, 0.1) is 0 Å². The Hall–Kier alpha value is 0.0300. The molecule has 0 aromatic rings. The minimum Gasteiger partial charge on any atom is -0.772 e. The average Bonchev–Trinajstić information content (AvgIpc) is 2.33. The molecule has 0 amide bonds. The fourth-order valence-electron chi connectivity index (χ4n) is 1.54. The van der Waals surface area contributed by atoms with Crippen molar-refractivity contribution in [2.75, 3.05) is 19.0 Å². The van der Waals surface area contributed by atoms with E-state index in [9.17, 15) is 8.76 Å². The third-order valence-electron chi connectivity index (χ3n) is 1.93. The Balaban J connectivity index is 2.57. The van der Waals surface area contributed by atoms with Crippen molar-refractivity contribution in [2.24, 2.45) is 0 Å². The van der Waals surface area contributed by atoms with Crippen LogP contribution in [0.15, 0.2) is 0 Å². The minimum absolute atomic E-state index is 0.0326. The standard InChI is InChI=1S/C8H16O4S/c1-7(2)12-8(6-13(9)10)3-4-11-5-8/h7H,3-6H2,1-2H3,(H,9,10)/p-1. The van der Waals surface area contributed by atoms with Crippen LogP contribution in [0.5, 0.6) is 0 Å². The molecule has 1 rings (SSSR count). The quantitative estimate of drug-likeness (QED) is 0.628. The molecule has 2 atom stereocenters. The number of hydrogen-bond acceptors (Lipinski definition) is 4. The molecule has 1 saturated heterocycles. The van der Waals surface area contributed by atoms with Gasteiger partial charge in [0.15, 0.2) is 0 Å². The summed E-state index contributed by atoms with van der Waals surface area (Å²) in [7, 11) is 0. The SMILES string of the molecule is CC(C)OC1(CS(=O)[O-])CCOC1. The minimum atomic E-state index is -2.07. The van der Waals surface area contributed by atoms with Crippen molar-refractivity contribution < 1.29 is 18.2 Å². The summed E-state index contributed by atoms with van der Waals surface area (Å²) < 4.78 is 32.0. The van der Waals surface area contributed by atoms with Gasteiger partial charge in [0.25, 0.3) is 0 Å². The lowest BCUT2D eigenvalue weighted by atomic mass is 10.1. The van der Waals surface area contributed by atoms with Crippen LogP contribution < -0.4 is 0 Å². The van der Waals surface area contributed by atoms with Crippen LogP contribution >= 0.6 is 0 Å². The largest absolute Gasteiger partial charge is 0.772 e. The van der Waals surface area contributed by atoms with Crippen molar-refractivity contribution >= 4 is 11.1 Å². The van der Waals surface area contributed by atoms with Crippen molar-refractivity contribution in [1.29, 1.82) is 0 Å². The second-order valence-corrected chi connectivity index (χ2v) is 4.50. The van der Waals surface area contributed by atoms with E-state index in [2.05, 4.69) is 0 Å². The van der Waals surface area contributed by atoms with Crippen LogP contribution in [-0.4, -0.2) is 39.4 Å². The first-order valence-corrected chi connectivity index (χ1v) is 5.60. The molecule has 5 heteroatoms. The summed E-state index contributed by atoms with van der Waals surface area (Å²) in [6.07, 6.45) is 0.698. The zero-order valence-corrected chi connectivity index (χ0v) is 8.76. The van der Waals surface area contributed by atoms with Crippen LogP contribution in [0.2, 0.25) is 0 Å². The predicted molar refractivity (Wildman–Crippen MR) is 48.2 cm³/mol. The first-order chi connectivity index (χ1) is 6.04. The summed E-state index contributed by atoms with van der Waals surface area (Å²) in [5, 5.41) is 0. The first-order valence-electron chi connectivity index (χ1n) is 4.35. The molecule has 0 aromatic heterocycles. The molecule has 1 fully saturated rings. The molecule has 0 aromatic carbocycles. The molecular formula is C8H15O4S-. The molecule has 78 valence electrons. The van der Waals surface area contributed by atoms with Crippen LogP contribution in [0.1, 0.15) is 20.3 Å². The van der Waals surface area contributed by atoms with Gasteiger partial charge in [-0.15, -0.1) is 0 Å². The summed E-state index contributed by atoms with van der Waals surface area (Å²) in [5.74, 6) is 0.0329. The van der Waals surface area contributed by atoms with Crippen LogP contribution in [0.4, 0.5) is 0 Å². The van der Waals surface area contributed by atoms with Crippen molar-refractivity contribution in [2.45, 2.75) is 32.0 Å².